The van der Waals surface area contributed by atoms with Crippen LogP contribution in [0.2, 0.25) is 0 Å². The van der Waals surface area contributed by atoms with Crippen molar-refractivity contribution < 1.29 is 19.1 Å². The molecule has 4 heteroatoms. The zero-order valence-corrected chi connectivity index (χ0v) is 11.5. The van der Waals surface area contributed by atoms with E-state index in [2.05, 4.69) is 6.92 Å². The van der Waals surface area contributed by atoms with Gasteiger partial charge >= 0.3 is 5.97 Å². The Morgan fingerprint density at radius 2 is 1.58 bits per heavy atom. The second kappa shape index (κ2) is 8.51. The van der Waals surface area contributed by atoms with Crippen LogP contribution in [-0.2, 0) is 0 Å². The number of Topliss-reactive ketones (excluding diaryl/α,β-unsaturated/α-hetero) is 1. The number of carbonyl (C=O) groups is 2. The van der Waals surface area contributed by atoms with E-state index in [0.717, 1.165) is 19.3 Å². The Morgan fingerprint density at radius 3 is 2.16 bits per heavy atom. The summed E-state index contributed by atoms with van der Waals surface area (Å²) in [6.07, 6.45) is 8.49. The van der Waals surface area contributed by atoms with Gasteiger partial charge in [-0.05, 0) is 18.6 Å². The summed E-state index contributed by atoms with van der Waals surface area (Å²) < 4.78 is 4.97. The number of carboxylic acid groups (broad SMARTS) is 1. The van der Waals surface area contributed by atoms with E-state index in [1.54, 1.807) is 0 Å². The van der Waals surface area contributed by atoms with Gasteiger partial charge in [-0.15, -0.1) is 0 Å². The summed E-state index contributed by atoms with van der Waals surface area (Å²) in [5.74, 6) is -1.28. The largest absolute Gasteiger partial charge is 0.475 e. The topological polar surface area (TPSA) is 67.5 Å². The molecule has 1 rings (SSSR count). The van der Waals surface area contributed by atoms with Gasteiger partial charge in [0, 0.05) is 6.42 Å². The lowest BCUT2D eigenvalue weighted by atomic mass is 10.1. The minimum absolute atomic E-state index is 0.110. The van der Waals surface area contributed by atoms with Crippen LogP contribution in [0.25, 0.3) is 0 Å². The quantitative estimate of drug-likeness (QED) is 0.506. The van der Waals surface area contributed by atoms with Crippen molar-refractivity contribution in [2.45, 2.75) is 58.3 Å². The van der Waals surface area contributed by atoms with E-state index >= 15 is 0 Å². The first kappa shape index (κ1) is 15.5. The summed E-state index contributed by atoms with van der Waals surface area (Å²) >= 11 is 0. The van der Waals surface area contributed by atoms with Gasteiger partial charge in [0.25, 0.3) is 0 Å². The normalized spacial score (nSPS) is 10.6. The van der Waals surface area contributed by atoms with Crippen LogP contribution < -0.4 is 0 Å². The molecule has 0 aliphatic carbocycles. The molecular formula is C15H22O4. The average molecular weight is 266 g/mol. The lowest BCUT2D eigenvalue weighted by molar-refractivity contribution is 0.0660. The van der Waals surface area contributed by atoms with Crippen molar-refractivity contribution in [3.8, 4) is 0 Å². The van der Waals surface area contributed by atoms with E-state index in [4.69, 9.17) is 9.52 Å². The Labute approximate surface area is 113 Å². The second-order valence-corrected chi connectivity index (χ2v) is 4.76. The number of aromatic carboxylic acids is 1. The van der Waals surface area contributed by atoms with Crippen molar-refractivity contribution >= 4 is 11.8 Å². The Morgan fingerprint density at radius 1 is 1.00 bits per heavy atom. The van der Waals surface area contributed by atoms with Crippen LogP contribution >= 0.6 is 0 Å². The molecule has 0 unspecified atom stereocenters. The third kappa shape index (κ3) is 5.73. The van der Waals surface area contributed by atoms with E-state index in [-0.39, 0.29) is 17.3 Å². The minimum Gasteiger partial charge on any atom is -0.475 e. The smallest absolute Gasteiger partial charge is 0.371 e. The number of carbonyl (C=O) groups excluding carboxylic acids is 1. The van der Waals surface area contributed by atoms with Crippen molar-refractivity contribution in [2.75, 3.05) is 0 Å². The van der Waals surface area contributed by atoms with Gasteiger partial charge in [-0.25, -0.2) is 4.79 Å². The Hall–Kier alpha value is -1.58. The number of ketones is 1. The molecule has 0 saturated carbocycles. The second-order valence-electron chi connectivity index (χ2n) is 4.76. The Kier molecular flexibility index (Phi) is 6.93. The summed E-state index contributed by atoms with van der Waals surface area (Å²) in [4.78, 5) is 22.3. The SMILES string of the molecule is CCCCCCCCCC(=O)c1ccc(C(=O)O)o1. The van der Waals surface area contributed by atoms with Crippen LogP contribution in [0, 0.1) is 0 Å². The van der Waals surface area contributed by atoms with Gasteiger partial charge in [0.2, 0.25) is 5.76 Å². The molecule has 106 valence electrons. The van der Waals surface area contributed by atoms with Crippen LogP contribution in [0.15, 0.2) is 16.5 Å². The summed E-state index contributed by atoms with van der Waals surface area (Å²) in [7, 11) is 0. The average Bonchev–Trinajstić information content (AvgIpc) is 2.87. The van der Waals surface area contributed by atoms with E-state index in [9.17, 15) is 9.59 Å². The molecule has 4 nitrogen and oxygen atoms in total. The van der Waals surface area contributed by atoms with Crippen molar-refractivity contribution in [1.82, 2.24) is 0 Å². The highest BCUT2D eigenvalue weighted by molar-refractivity contribution is 5.95. The van der Waals surface area contributed by atoms with Crippen LogP contribution in [0.3, 0.4) is 0 Å². The van der Waals surface area contributed by atoms with Gasteiger partial charge in [0.05, 0.1) is 0 Å². The number of hydrogen-bond donors (Lipinski definition) is 1. The van der Waals surface area contributed by atoms with Crippen LogP contribution in [0.1, 0.15) is 79.4 Å². The Bertz CT molecular complexity index is 406. The standard InChI is InChI=1S/C15H22O4/c1-2-3-4-5-6-7-8-9-12(16)13-10-11-14(19-13)15(17)18/h10-11H,2-9H2,1H3,(H,17,18). The predicted octanol–water partition coefficient (Wildman–Crippen LogP) is 4.30. The molecule has 1 aromatic rings. The fourth-order valence-corrected chi connectivity index (χ4v) is 1.97. The minimum atomic E-state index is -1.14. The van der Waals surface area contributed by atoms with Gasteiger partial charge in [0.1, 0.15) is 0 Å². The lowest BCUT2D eigenvalue weighted by Gasteiger charge is -2.00. The number of hydrogen-bond acceptors (Lipinski definition) is 3. The molecule has 0 radical (unpaired) electrons. The number of unbranched alkanes of at least 4 members (excludes halogenated alkanes) is 6. The number of furan rings is 1. The predicted molar refractivity (Wildman–Crippen MR) is 72.6 cm³/mol. The zero-order chi connectivity index (χ0) is 14.1. The highest BCUT2D eigenvalue weighted by Crippen LogP contribution is 2.14. The molecule has 0 aliphatic heterocycles. The zero-order valence-electron chi connectivity index (χ0n) is 11.5. The third-order valence-electron chi connectivity index (χ3n) is 3.10. The molecule has 0 saturated heterocycles. The molecule has 19 heavy (non-hydrogen) atoms. The molecular weight excluding hydrogens is 244 g/mol. The van der Waals surface area contributed by atoms with Gasteiger partial charge in [-0.3, -0.25) is 4.79 Å². The summed E-state index contributed by atoms with van der Waals surface area (Å²) in [6, 6.07) is 2.76. The highest BCUT2D eigenvalue weighted by Gasteiger charge is 2.14. The molecule has 0 aliphatic rings. The number of carboxylic acids is 1. The van der Waals surface area contributed by atoms with Crippen molar-refractivity contribution in [3.05, 3.63) is 23.7 Å². The molecule has 0 atom stereocenters. The van der Waals surface area contributed by atoms with Crippen LogP contribution in [0.4, 0.5) is 0 Å². The van der Waals surface area contributed by atoms with Crippen molar-refractivity contribution in [1.29, 1.82) is 0 Å². The van der Waals surface area contributed by atoms with Crippen molar-refractivity contribution in [3.63, 3.8) is 0 Å². The molecule has 1 aromatic heterocycles. The van der Waals surface area contributed by atoms with Crippen molar-refractivity contribution in [2.24, 2.45) is 0 Å². The van der Waals surface area contributed by atoms with E-state index < -0.39 is 5.97 Å². The fourth-order valence-electron chi connectivity index (χ4n) is 1.97. The molecule has 0 fully saturated rings. The molecule has 0 aromatic carbocycles. The molecule has 0 amide bonds. The monoisotopic (exact) mass is 266 g/mol. The maximum atomic E-state index is 11.7. The third-order valence-corrected chi connectivity index (χ3v) is 3.10. The summed E-state index contributed by atoms with van der Waals surface area (Å²) in [5, 5.41) is 8.69. The maximum absolute atomic E-state index is 11.7. The van der Waals surface area contributed by atoms with Gasteiger partial charge in [-0.2, -0.15) is 0 Å². The highest BCUT2D eigenvalue weighted by atomic mass is 16.4. The first-order chi connectivity index (χ1) is 9.15. The van der Waals surface area contributed by atoms with Gasteiger partial charge in [-0.1, -0.05) is 45.4 Å². The lowest BCUT2D eigenvalue weighted by Crippen LogP contribution is -1.98. The fraction of sp³-hybridized carbons (Fsp3) is 0.600. The molecule has 0 bridgehead atoms. The molecule has 0 spiro atoms. The molecule has 1 heterocycles. The maximum Gasteiger partial charge on any atom is 0.371 e. The first-order valence-corrected chi connectivity index (χ1v) is 7.01. The van der Waals surface area contributed by atoms with Crippen LogP contribution in [-0.4, -0.2) is 16.9 Å². The van der Waals surface area contributed by atoms with Gasteiger partial charge in [0.15, 0.2) is 11.5 Å². The summed E-state index contributed by atoms with van der Waals surface area (Å²) in [5.41, 5.74) is 0. The van der Waals surface area contributed by atoms with E-state index in [0.29, 0.717) is 6.42 Å². The van der Waals surface area contributed by atoms with Crippen LogP contribution in [0.5, 0.6) is 0 Å². The molecule has 1 N–H and O–H groups in total. The van der Waals surface area contributed by atoms with E-state index in [1.165, 1.54) is 37.8 Å². The number of rotatable bonds is 10. The van der Waals surface area contributed by atoms with E-state index in [1.807, 2.05) is 0 Å². The first-order valence-electron chi connectivity index (χ1n) is 7.01. The van der Waals surface area contributed by atoms with Gasteiger partial charge < -0.3 is 9.52 Å². The Balaban J connectivity index is 2.18. The summed E-state index contributed by atoms with van der Waals surface area (Å²) in [6.45, 7) is 2.19.